The molecule has 23 heavy (non-hydrogen) atoms. The Kier molecular flexibility index (Phi) is 8.50. The van der Waals surface area contributed by atoms with Crippen molar-refractivity contribution in [3.05, 3.63) is 47.5 Å². The summed E-state index contributed by atoms with van der Waals surface area (Å²) in [5.41, 5.74) is 2.95. The summed E-state index contributed by atoms with van der Waals surface area (Å²) >= 11 is 0. The van der Waals surface area contributed by atoms with E-state index in [0.717, 1.165) is 18.3 Å². The van der Waals surface area contributed by atoms with Gasteiger partial charge in [-0.05, 0) is 61.5 Å². The average molecular weight is 313 g/mol. The van der Waals surface area contributed by atoms with Gasteiger partial charge in [-0.3, -0.25) is 0 Å². The van der Waals surface area contributed by atoms with E-state index in [2.05, 4.69) is 50.3 Å². The van der Waals surface area contributed by atoms with Crippen molar-refractivity contribution in [2.75, 3.05) is 0 Å². The van der Waals surface area contributed by atoms with E-state index in [9.17, 15) is 0 Å². The van der Waals surface area contributed by atoms with Gasteiger partial charge in [0, 0.05) is 0 Å². The molecule has 0 nitrogen and oxygen atoms in total. The zero-order chi connectivity index (χ0) is 16.3. The van der Waals surface area contributed by atoms with Gasteiger partial charge in [-0.15, -0.1) is 0 Å². The van der Waals surface area contributed by atoms with E-state index >= 15 is 0 Å². The molecule has 0 amide bonds. The molecule has 1 aromatic carbocycles. The van der Waals surface area contributed by atoms with Crippen molar-refractivity contribution in [1.82, 2.24) is 0 Å². The van der Waals surface area contributed by atoms with Crippen LogP contribution in [-0.2, 0) is 12.8 Å². The first kappa shape index (κ1) is 18.3. The van der Waals surface area contributed by atoms with Gasteiger partial charge in [0.05, 0.1) is 0 Å². The van der Waals surface area contributed by atoms with E-state index in [4.69, 9.17) is 0 Å². The molecule has 0 heteroatoms. The molecule has 0 aliphatic heterocycles. The van der Waals surface area contributed by atoms with Crippen molar-refractivity contribution < 1.29 is 0 Å². The van der Waals surface area contributed by atoms with Crippen molar-refractivity contribution in [3.63, 3.8) is 0 Å². The Balaban J connectivity index is 1.65. The summed E-state index contributed by atoms with van der Waals surface area (Å²) in [6, 6.07) is 9.28. The average Bonchev–Trinajstić information content (AvgIpc) is 2.61. The third kappa shape index (κ3) is 6.94. The number of hydrogen-bond donors (Lipinski definition) is 0. The Morgan fingerprint density at radius 3 is 2.13 bits per heavy atom. The van der Waals surface area contributed by atoms with Crippen molar-refractivity contribution >= 4 is 0 Å². The van der Waals surface area contributed by atoms with E-state index in [1.54, 1.807) is 0 Å². The largest absolute Gasteiger partial charge is 0.0879 e. The first-order valence-electron chi connectivity index (χ1n) is 10.0. The summed E-state index contributed by atoms with van der Waals surface area (Å²) in [5, 5.41) is 0. The van der Waals surface area contributed by atoms with E-state index in [1.165, 1.54) is 75.3 Å². The van der Waals surface area contributed by atoms with Crippen molar-refractivity contribution in [2.24, 2.45) is 11.8 Å². The fraction of sp³-hybridized carbons (Fsp3) is 0.652. The summed E-state index contributed by atoms with van der Waals surface area (Å²) in [6.45, 7) is 4.62. The molecule has 1 saturated carbocycles. The van der Waals surface area contributed by atoms with Gasteiger partial charge in [0.25, 0.3) is 0 Å². The molecule has 0 radical (unpaired) electrons. The Morgan fingerprint density at radius 2 is 1.48 bits per heavy atom. The van der Waals surface area contributed by atoms with Crippen molar-refractivity contribution in [2.45, 2.75) is 84.5 Å². The third-order valence-corrected chi connectivity index (χ3v) is 5.63. The maximum absolute atomic E-state index is 2.44. The molecule has 0 spiro atoms. The van der Waals surface area contributed by atoms with Gasteiger partial charge in [0.15, 0.2) is 0 Å². The lowest BCUT2D eigenvalue weighted by Crippen LogP contribution is -2.13. The lowest BCUT2D eigenvalue weighted by atomic mass is 9.79. The van der Waals surface area contributed by atoms with E-state index in [-0.39, 0.29) is 0 Å². The van der Waals surface area contributed by atoms with Crippen LogP contribution in [-0.4, -0.2) is 0 Å². The van der Waals surface area contributed by atoms with E-state index in [1.807, 2.05) is 0 Å². The lowest BCUT2D eigenvalue weighted by Gasteiger charge is -2.26. The van der Waals surface area contributed by atoms with Crippen LogP contribution in [0.3, 0.4) is 0 Å². The minimum absolute atomic E-state index is 0.954. The fourth-order valence-electron chi connectivity index (χ4n) is 3.80. The normalized spacial score (nSPS) is 21.8. The van der Waals surface area contributed by atoms with Gasteiger partial charge in [-0.2, -0.15) is 0 Å². The maximum atomic E-state index is 2.44. The minimum atomic E-state index is 0.954. The van der Waals surface area contributed by atoms with Crippen LogP contribution in [0.15, 0.2) is 36.4 Å². The Labute approximate surface area is 144 Å². The highest BCUT2D eigenvalue weighted by atomic mass is 14.2. The fourth-order valence-corrected chi connectivity index (χ4v) is 3.80. The van der Waals surface area contributed by atoms with Gasteiger partial charge in [-0.1, -0.05) is 82.4 Å². The first-order valence-corrected chi connectivity index (χ1v) is 10.0. The number of rotatable bonds is 9. The van der Waals surface area contributed by atoms with Gasteiger partial charge in [0.1, 0.15) is 0 Å². The van der Waals surface area contributed by atoms with Crippen molar-refractivity contribution in [3.8, 4) is 0 Å². The second-order valence-electron chi connectivity index (χ2n) is 7.48. The SMILES string of the molecule is CCCCCc1ccc(CC=CCC2CCC(CC)CC2)cc1. The standard InChI is InChI=1S/C23H36/c1-3-5-6-9-21-16-18-23(19-17-21)11-8-7-10-22-14-12-20(4-2)13-15-22/h7-8,16-20,22H,3-6,9-15H2,1-2H3. The Hall–Kier alpha value is -1.04. The number of unbranched alkanes of at least 4 members (excludes halogenated alkanes) is 2. The molecular formula is C23H36. The van der Waals surface area contributed by atoms with Gasteiger partial charge in [-0.25, -0.2) is 0 Å². The highest BCUT2D eigenvalue weighted by Crippen LogP contribution is 2.32. The van der Waals surface area contributed by atoms with Gasteiger partial charge in [0.2, 0.25) is 0 Å². The van der Waals surface area contributed by atoms with Crippen LogP contribution in [0.2, 0.25) is 0 Å². The molecule has 1 aliphatic carbocycles. The predicted octanol–water partition coefficient (Wildman–Crippen LogP) is 7.12. The zero-order valence-electron chi connectivity index (χ0n) is 15.4. The molecule has 1 aliphatic rings. The van der Waals surface area contributed by atoms with Crippen LogP contribution < -0.4 is 0 Å². The molecule has 0 bridgehead atoms. The second-order valence-corrected chi connectivity index (χ2v) is 7.48. The van der Waals surface area contributed by atoms with Crippen LogP contribution in [0, 0.1) is 11.8 Å². The second kappa shape index (κ2) is 10.7. The van der Waals surface area contributed by atoms with Gasteiger partial charge >= 0.3 is 0 Å². The summed E-state index contributed by atoms with van der Waals surface area (Å²) in [6.07, 6.45) is 19.7. The molecule has 0 heterocycles. The number of aryl methyl sites for hydroxylation is 1. The molecule has 0 aromatic heterocycles. The topological polar surface area (TPSA) is 0 Å². The Morgan fingerprint density at radius 1 is 0.826 bits per heavy atom. The predicted molar refractivity (Wildman–Crippen MR) is 103 cm³/mol. The molecule has 1 aromatic rings. The maximum Gasteiger partial charge on any atom is -0.00975 e. The third-order valence-electron chi connectivity index (χ3n) is 5.63. The van der Waals surface area contributed by atoms with Crippen LogP contribution in [0.4, 0.5) is 0 Å². The molecule has 2 rings (SSSR count). The van der Waals surface area contributed by atoms with Gasteiger partial charge < -0.3 is 0 Å². The quantitative estimate of drug-likeness (QED) is 0.336. The van der Waals surface area contributed by atoms with Crippen LogP contribution in [0.25, 0.3) is 0 Å². The summed E-state index contributed by atoms with van der Waals surface area (Å²) < 4.78 is 0. The van der Waals surface area contributed by atoms with E-state index < -0.39 is 0 Å². The number of hydrogen-bond acceptors (Lipinski definition) is 0. The molecule has 0 unspecified atom stereocenters. The molecule has 128 valence electrons. The smallest absolute Gasteiger partial charge is 0.00975 e. The molecule has 1 fully saturated rings. The Bertz CT molecular complexity index is 432. The first-order chi connectivity index (χ1) is 11.3. The molecule has 0 atom stereocenters. The zero-order valence-corrected chi connectivity index (χ0v) is 15.4. The summed E-state index contributed by atoms with van der Waals surface area (Å²) in [5.74, 6) is 1.97. The molecule has 0 N–H and O–H groups in total. The summed E-state index contributed by atoms with van der Waals surface area (Å²) in [4.78, 5) is 0. The van der Waals surface area contributed by atoms with Crippen molar-refractivity contribution in [1.29, 1.82) is 0 Å². The van der Waals surface area contributed by atoms with E-state index in [0.29, 0.717) is 0 Å². The lowest BCUT2D eigenvalue weighted by molar-refractivity contribution is 0.271. The summed E-state index contributed by atoms with van der Waals surface area (Å²) in [7, 11) is 0. The minimum Gasteiger partial charge on any atom is -0.0879 e. The molecular weight excluding hydrogens is 276 g/mol. The number of allylic oxidation sites excluding steroid dienone is 2. The van der Waals surface area contributed by atoms with Crippen LogP contribution >= 0.6 is 0 Å². The van der Waals surface area contributed by atoms with Crippen LogP contribution in [0.5, 0.6) is 0 Å². The highest BCUT2D eigenvalue weighted by Gasteiger charge is 2.18. The number of benzene rings is 1. The monoisotopic (exact) mass is 312 g/mol. The highest BCUT2D eigenvalue weighted by molar-refractivity contribution is 5.24. The molecule has 0 saturated heterocycles. The van der Waals surface area contributed by atoms with Crippen LogP contribution in [0.1, 0.15) is 82.8 Å².